The van der Waals surface area contributed by atoms with Crippen LogP contribution in [0.15, 0.2) is 36.4 Å². The molecule has 3 atom stereocenters. The molecule has 4 heterocycles. The minimum atomic E-state index is -2.94. The number of rotatable bonds is 5. The first-order valence-electron chi connectivity index (χ1n) is 12.3. The number of anilines is 1. The van der Waals surface area contributed by atoms with Gasteiger partial charge in [-0.05, 0) is 81.1 Å². The summed E-state index contributed by atoms with van der Waals surface area (Å²) in [6, 6.07) is 12.1. The summed E-state index contributed by atoms with van der Waals surface area (Å²) in [4.78, 5) is 17.5. The van der Waals surface area contributed by atoms with Crippen LogP contribution in [0.1, 0.15) is 41.6 Å². The van der Waals surface area contributed by atoms with Crippen molar-refractivity contribution in [3.63, 3.8) is 0 Å². The molecular formula is C26H29ClN2O5S. The van der Waals surface area contributed by atoms with E-state index in [1.165, 1.54) is 12.8 Å². The fourth-order valence-corrected chi connectivity index (χ4v) is 7.34. The van der Waals surface area contributed by atoms with Crippen molar-refractivity contribution in [1.82, 2.24) is 4.90 Å². The standard InChI is InChI=1S/C26H29ClN2O5S/c1-28-17-2-3-18(28)12-21(11-17)34-25-7-4-19(13-24(25)27)29-9-8-16-10-20(5-6-23(16)26(29)30)33-22-14-35(31,32)15-22/h4-7,10,13,17-18,21-22H,2-3,8-9,11-12,14-15H2,1H3/t17-,18+,21?. The van der Waals surface area contributed by atoms with Gasteiger partial charge in [0.25, 0.3) is 5.91 Å². The van der Waals surface area contributed by atoms with E-state index in [-0.39, 0.29) is 29.6 Å². The maximum atomic E-state index is 13.3. The number of amides is 1. The van der Waals surface area contributed by atoms with E-state index in [0.717, 1.165) is 24.1 Å². The topological polar surface area (TPSA) is 76.2 Å². The molecule has 4 aliphatic heterocycles. The molecule has 2 bridgehead atoms. The third kappa shape index (κ3) is 4.41. The molecule has 2 aromatic rings. The molecule has 0 radical (unpaired) electrons. The first-order valence-corrected chi connectivity index (χ1v) is 14.5. The molecule has 35 heavy (non-hydrogen) atoms. The molecule has 0 spiro atoms. The van der Waals surface area contributed by atoms with Crippen LogP contribution in [-0.2, 0) is 16.3 Å². The lowest BCUT2D eigenvalue weighted by atomic mass is 9.98. The van der Waals surface area contributed by atoms with Gasteiger partial charge in [-0.25, -0.2) is 8.42 Å². The molecule has 4 aliphatic rings. The summed E-state index contributed by atoms with van der Waals surface area (Å²) in [5.74, 6) is 1.30. The second kappa shape index (κ2) is 8.68. The van der Waals surface area contributed by atoms with Gasteiger partial charge < -0.3 is 19.3 Å². The van der Waals surface area contributed by atoms with E-state index in [2.05, 4.69) is 11.9 Å². The number of fused-ring (bicyclic) bond motifs is 3. The largest absolute Gasteiger partial charge is 0.489 e. The van der Waals surface area contributed by atoms with Crippen molar-refractivity contribution in [2.75, 3.05) is 30.0 Å². The number of piperidine rings is 1. The Morgan fingerprint density at radius 1 is 0.971 bits per heavy atom. The summed E-state index contributed by atoms with van der Waals surface area (Å²) in [6.07, 6.45) is 5.07. The minimum Gasteiger partial charge on any atom is -0.489 e. The van der Waals surface area contributed by atoms with Crippen LogP contribution in [0.3, 0.4) is 0 Å². The van der Waals surface area contributed by atoms with Gasteiger partial charge >= 0.3 is 0 Å². The summed E-state index contributed by atoms with van der Waals surface area (Å²) in [5.41, 5.74) is 2.29. The maximum Gasteiger partial charge on any atom is 0.258 e. The lowest BCUT2D eigenvalue weighted by Gasteiger charge is -2.36. The number of halogens is 1. The fourth-order valence-electron chi connectivity index (χ4n) is 5.95. The maximum absolute atomic E-state index is 13.3. The first-order chi connectivity index (χ1) is 16.8. The summed E-state index contributed by atoms with van der Waals surface area (Å²) in [6.45, 7) is 0.530. The van der Waals surface area contributed by atoms with Crippen LogP contribution in [0, 0.1) is 0 Å². The monoisotopic (exact) mass is 516 g/mol. The second-order valence-corrected chi connectivity index (χ2v) is 12.8. The smallest absolute Gasteiger partial charge is 0.258 e. The van der Waals surface area contributed by atoms with Gasteiger partial charge in [-0.15, -0.1) is 0 Å². The molecule has 0 aliphatic carbocycles. The number of hydrogen-bond donors (Lipinski definition) is 0. The van der Waals surface area contributed by atoms with Gasteiger partial charge in [0.05, 0.1) is 16.5 Å². The molecule has 0 N–H and O–H groups in total. The third-order valence-corrected chi connectivity index (χ3v) is 9.97. The number of sulfone groups is 1. The fraction of sp³-hybridized carbons (Fsp3) is 0.500. The quantitative estimate of drug-likeness (QED) is 0.603. The van der Waals surface area contributed by atoms with Crippen LogP contribution in [0.2, 0.25) is 5.02 Å². The van der Waals surface area contributed by atoms with E-state index in [1.807, 2.05) is 24.3 Å². The molecule has 2 aromatic carbocycles. The SMILES string of the molecule is CN1[C@@H]2CC[C@H]1CC(Oc1ccc(N3CCc4cc(OC5CS(=O)(=O)C5)ccc4C3=O)cc1Cl)C2. The van der Waals surface area contributed by atoms with E-state index < -0.39 is 9.84 Å². The Balaban J connectivity index is 1.13. The molecule has 6 rings (SSSR count). The molecule has 0 saturated carbocycles. The lowest BCUT2D eigenvalue weighted by molar-refractivity contribution is 0.0662. The Morgan fingerprint density at radius 2 is 1.71 bits per heavy atom. The highest BCUT2D eigenvalue weighted by Crippen LogP contribution is 2.38. The van der Waals surface area contributed by atoms with Crippen molar-refractivity contribution < 1.29 is 22.7 Å². The average Bonchev–Trinajstić information content (AvgIpc) is 3.00. The molecule has 186 valence electrons. The molecule has 1 amide bonds. The zero-order valence-corrected chi connectivity index (χ0v) is 21.2. The van der Waals surface area contributed by atoms with Gasteiger partial charge in [-0.1, -0.05) is 11.6 Å². The number of hydrogen-bond acceptors (Lipinski definition) is 6. The van der Waals surface area contributed by atoms with Crippen molar-refractivity contribution in [2.45, 2.75) is 56.4 Å². The Bertz CT molecular complexity index is 1260. The van der Waals surface area contributed by atoms with Crippen LogP contribution in [0.4, 0.5) is 5.69 Å². The predicted octanol–water partition coefficient (Wildman–Crippen LogP) is 3.72. The molecule has 3 fully saturated rings. The summed E-state index contributed by atoms with van der Waals surface area (Å²) < 4.78 is 34.8. The van der Waals surface area contributed by atoms with Crippen molar-refractivity contribution in [3.05, 3.63) is 52.5 Å². The van der Waals surface area contributed by atoms with E-state index in [0.29, 0.717) is 47.1 Å². The van der Waals surface area contributed by atoms with E-state index >= 15 is 0 Å². The van der Waals surface area contributed by atoms with Gasteiger partial charge in [0.15, 0.2) is 9.84 Å². The number of carbonyl (C=O) groups excluding carboxylic acids is 1. The minimum absolute atomic E-state index is 0.0518. The molecule has 1 unspecified atom stereocenters. The number of nitrogens with zero attached hydrogens (tertiary/aromatic N) is 2. The van der Waals surface area contributed by atoms with Crippen LogP contribution >= 0.6 is 11.6 Å². The zero-order chi connectivity index (χ0) is 24.3. The van der Waals surface area contributed by atoms with E-state index in [1.54, 1.807) is 17.0 Å². The van der Waals surface area contributed by atoms with E-state index in [9.17, 15) is 13.2 Å². The third-order valence-electron chi connectivity index (χ3n) is 7.92. The zero-order valence-electron chi connectivity index (χ0n) is 19.7. The van der Waals surface area contributed by atoms with Crippen molar-refractivity contribution in [2.24, 2.45) is 0 Å². The second-order valence-electron chi connectivity index (χ2n) is 10.2. The average molecular weight is 517 g/mol. The summed E-state index contributed by atoms with van der Waals surface area (Å²) in [5, 5.41) is 0.520. The highest BCUT2D eigenvalue weighted by atomic mass is 35.5. The number of benzene rings is 2. The predicted molar refractivity (Wildman–Crippen MR) is 135 cm³/mol. The van der Waals surface area contributed by atoms with Crippen molar-refractivity contribution in [3.8, 4) is 11.5 Å². The van der Waals surface area contributed by atoms with Gasteiger partial charge in [-0.3, -0.25) is 4.79 Å². The Kier molecular flexibility index (Phi) is 5.73. The summed E-state index contributed by atoms with van der Waals surface area (Å²) >= 11 is 6.61. The number of ether oxygens (including phenoxy) is 2. The Labute approximate surface area is 210 Å². The van der Waals surface area contributed by atoms with Crippen LogP contribution < -0.4 is 14.4 Å². The van der Waals surface area contributed by atoms with Gasteiger partial charge in [0.1, 0.15) is 23.7 Å². The van der Waals surface area contributed by atoms with Crippen molar-refractivity contribution >= 4 is 33.0 Å². The van der Waals surface area contributed by atoms with Gasteiger partial charge in [0, 0.05) is 29.9 Å². The number of carbonyl (C=O) groups is 1. The highest BCUT2D eigenvalue weighted by Gasteiger charge is 2.39. The molecule has 7 nitrogen and oxygen atoms in total. The molecule has 9 heteroatoms. The summed E-state index contributed by atoms with van der Waals surface area (Å²) in [7, 11) is -0.731. The van der Waals surface area contributed by atoms with Crippen molar-refractivity contribution in [1.29, 1.82) is 0 Å². The van der Waals surface area contributed by atoms with Gasteiger partial charge in [-0.2, -0.15) is 0 Å². The Hall–Kier alpha value is -2.29. The van der Waals surface area contributed by atoms with Crippen LogP contribution in [0.25, 0.3) is 0 Å². The lowest BCUT2D eigenvalue weighted by Crippen LogP contribution is -2.45. The normalized spacial score (nSPS) is 27.9. The first kappa shape index (κ1) is 23.1. The van der Waals surface area contributed by atoms with Crippen LogP contribution in [0.5, 0.6) is 11.5 Å². The molecular weight excluding hydrogens is 488 g/mol. The molecule has 0 aromatic heterocycles. The van der Waals surface area contributed by atoms with Crippen LogP contribution in [-0.4, -0.2) is 68.6 Å². The van der Waals surface area contributed by atoms with Gasteiger partial charge in [0.2, 0.25) is 0 Å². The Morgan fingerprint density at radius 3 is 2.40 bits per heavy atom. The van der Waals surface area contributed by atoms with E-state index in [4.69, 9.17) is 21.1 Å². The molecule has 3 saturated heterocycles. The highest BCUT2D eigenvalue weighted by molar-refractivity contribution is 7.92.